The lowest BCUT2D eigenvalue weighted by Gasteiger charge is -2.06. The van der Waals surface area contributed by atoms with Crippen LogP contribution in [0.25, 0.3) is 26.0 Å². The minimum Gasteiger partial charge on any atom is -0.497 e. The largest absolute Gasteiger partial charge is 0.497 e. The Morgan fingerprint density at radius 3 is 2.39 bits per heavy atom. The summed E-state index contributed by atoms with van der Waals surface area (Å²) in [5, 5.41) is 9.42. The van der Waals surface area contributed by atoms with Crippen molar-refractivity contribution in [1.82, 2.24) is 9.78 Å². The van der Waals surface area contributed by atoms with E-state index in [-0.39, 0.29) is 15.3 Å². The van der Waals surface area contributed by atoms with Gasteiger partial charge in [-0.3, -0.25) is 0 Å². The molecule has 2 N–H and O–H groups in total. The molecule has 4 aromatic rings. The fraction of sp³-hybridized carbons (Fsp3) is 0.118. The van der Waals surface area contributed by atoms with E-state index in [4.69, 9.17) is 9.88 Å². The number of aromatic nitrogens is 2. The zero-order chi connectivity index (χ0) is 20.3. The minimum absolute atomic E-state index is 0.00808. The van der Waals surface area contributed by atoms with Gasteiger partial charge in [-0.25, -0.2) is 18.2 Å². The molecule has 146 valence electrons. The maximum atomic E-state index is 13.6. The van der Waals surface area contributed by atoms with E-state index in [9.17, 15) is 21.6 Å². The molecule has 2 aromatic heterocycles. The molecule has 0 saturated heterocycles. The van der Waals surface area contributed by atoms with E-state index in [1.807, 2.05) is 0 Å². The Kier molecular flexibility index (Phi) is 4.14. The van der Waals surface area contributed by atoms with Crippen LogP contribution >= 0.6 is 11.3 Å². The Balaban J connectivity index is 2.02. The van der Waals surface area contributed by atoms with Crippen LogP contribution in [0.5, 0.6) is 5.75 Å². The molecule has 0 radical (unpaired) electrons. The van der Waals surface area contributed by atoms with Gasteiger partial charge in [0.25, 0.3) is 0 Å². The van der Waals surface area contributed by atoms with Crippen LogP contribution in [0.15, 0.2) is 47.4 Å². The summed E-state index contributed by atoms with van der Waals surface area (Å²) in [5.74, 6) is 0.530. The van der Waals surface area contributed by atoms with Crippen LogP contribution < -0.4 is 9.88 Å². The number of nitrogens with two attached hydrogens (primary N) is 1. The van der Waals surface area contributed by atoms with Gasteiger partial charge in [0.15, 0.2) is 5.69 Å². The lowest BCUT2D eigenvalue weighted by Crippen LogP contribution is -2.12. The average Bonchev–Trinajstić information content (AvgIpc) is 3.17. The van der Waals surface area contributed by atoms with Crippen molar-refractivity contribution in [1.29, 1.82) is 0 Å². The van der Waals surface area contributed by atoms with Crippen LogP contribution in [0.4, 0.5) is 13.2 Å². The summed E-state index contributed by atoms with van der Waals surface area (Å²) in [6, 6.07) is 10.2. The van der Waals surface area contributed by atoms with Gasteiger partial charge in [0.1, 0.15) is 5.75 Å². The minimum atomic E-state index is -4.64. The van der Waals surface area contributed by atoms with E-state index in [1.165, 1.54) is 31.4 Å². The quantitative estimate of drug-likeness (QED) is 0.537. The number of fused-ring (bicyclic) bond motifs is 3. The molecule has 0 amide bonds. The molecule has 0 spiro atoms. The fourth-order valence-electron chi connectivity index (χ4n) is 2.91. The summed E-state index contributed by atoms with van der Waals surface area (Å²) < 4.78 is 70.4. The smallest absolute Gasteiger partial charge is 0.436 e. The molecule has 28 heavy (non-hydrogen) atoms. The predicted octanol–water partition coefficient (Wildman–Crippen LogP) is 3.92. The molecule has 6 nitrogen and oxygen atoms in total. The van der Waals surface area contributed by atoms with Crippen molar-refractivity contribution in [3.8, 4) is 11.4 Å². The van der Waals surface area contributed by atoms with E-state index >= 15 is 0 Å². The number of halogens is 3. The molecule has 4 rings (SSSR count). The van der Waals surface area contributed by atoms with Crippen molar-refractivity contribution in [2.24, 2.45) is 5.14 Å². The highest BCUT2D eigenvalue weighted by Gasteiger charge is 2.38. The molecule has 0 unspecified atom stereocenters. The average molecular weight is 427 g/mol. The first-order valence-electron chi connectivity index (χ1n) is 7.79. The number of nitrogens with zero attached hydrogens (tertiary/aromatic N) is 2. The van der Waals surface area contributed by atoms with Crippen molar-refractivity contribution in [2.45, 2.75) is 11.1 Å². The van der Waals surface area contributed by atoms with Crippen LogP contribution in [-0.2, 0) is 16.2 Å². The Morgan fingerprint density at radius 2 is 1.82 bits per heavy atom. The molecule has 0 aliphatic rings. The van der Waals surface area contributed by atoms with Crippen molar-refractivity contribution in [2.75, 3.05) is 7.11 Å². The molecular weight excluding hydrogens is 415 g/mol. The summed E-state index contributed by atoms with van der Waals surface area (Å²) in [5.41, 5.74) is -0.431. The maximum Gasteiger partial charge on any atom is 0.436 e. The predicted molar refractivity (Wildman–Crippen MR) is 99.4 cm³/mol. The van der Waals surface area contributed by atoms with E-state index in [2.05, 4.69) is 5.10 Å². The van der Waals surface area contributed by atoms with Gasteiger partial charge in [0, 0.05) is 10.1 Å². The van der Waals surface area contributed by atoms with E-state index in [0.717, 1.165) is 16.0 Å². The third-order valence-electron chi connectivity index (χ3n) is 4.18. The second-order valence-corrected chi connectivity index (χ2v) is 8.55. The summed E-state index contributed by atoms with van der Waals surface area (Å²) in [6.07, 6.45) is -4.64. The van der Waals surface area contributed by atoms with E-state index in [0.29, 0.717) is 21.4 Å². The van der Waals surface area contributed by atoms with Crippen LogP contribution in [0.2, 0.25) is 0 Å². The topological polar surface area (TPSA) is 87.2 Å². The molecule has 0 aliphatic heterocycles. The molecule has 2 aromatic carbocycles. The molecule has 0 fully saturated rings. The Hall–Kier alpha value is -2.63. The molecule has 0 atom stereocenters. The molecule has 0 bridgehead atoms. The lowest BCUT2D eigenvalue weighted by molar-refractivity contribution is -0.140. The Bertz CT molecular complexity index is 1310. The number of rotatable bonds is 3. The van der Waals surface area contributed by atoms with Crippen molar-refractivity contribution in [3.05, 3.63) is 48.2 Å². The van der Waals surface area contributed by atoms with Gasteiger partial charge in [-0.2, -0.15) is 18.3 Å². The van der Waals surface area contributed by atoms with Gasteiger partial charge >= 0.3 is 6.18 Å². The number of thiophene rings is 1. The van der Waals surface area contributed by atoms with Gasteiger partial charge < -0.3 is 4.74 Å². The van der Waals surface area contributed by atoms with Crippen molar-refractivity contribution in [3.63, 3.8) is 0 Å². The molecule has 0 saturated carbocycles. The number of alkyl halides is 3. The third kappa shape index (κ3) is 3.01. The number of sulfonamides is 1. The number of benzene rings is 2. The zero-order valence-corrected chi connectivity index (χ0v) is 15.8. The second-order valence-electron chi connectivity index (χ2n) is 5.94. The monoisotopic (exact) mass is 427 g/mol. The highest BCUT2D eigenvalue weighted by atomic mass is 32.2. The summed E-state index contributed by atoms with van der Waals surface area (Å²) in [7, 11) is -2.44. The summed E-state index contributed by atoms with van der Waals surface area (Å²) in [4.78, 5) is -0.143. The SMILES string of the molecule is COc1ccc2c(c1)sc1c(C(F)(F)F)nn(-c3ccc(S(N)(=O)=O)cc3)c12. The Morgan fingerprint density at radius 1 is 1.14 bits per heavy atom. The van der Waals surface area contributed by atoms with Gasteiger partial charge in [-0.05, 0) is 42.5 Å². The molecule has 0 aliphatic carbocycles. The molecule has 2 heterocycles. The lowest BCUT2D eigenvalue weighted by atomic mass is 10.2. The van der Waals surface area contributed by atoms with E-state index < -0.39 is 21.9 Å². The first kappa shape index (κ1) is 18.7. The summed E-state index contributed by atoms with van der Waals surface area (Å²) >= 11 is 0.968. The highest BCUT2D eigenvalue weighted by Crippen LogP contribution is 2.43. The number of hydrogen-bond acceptors (Lipinski definition) is 5. The Labute approximate surface area is 161 Å². The highest BCUT2D eigenvalue weighted by molar-refractivity contribution is 7.89. The number of methoxy groups -OCH3 is 1. The fourth-order valence-corrected chi connectivity index (χ4v) is 4.64. The third-order valence-corrected chi connectivity index (χ3v) is 6.25. The van der Waals surface area contributed by atoms with E-state index in [1.54, 1.807) is 18.2 Å². The second kappa shape index (κ2) is 6.19. The molecular formula is C17H12F3N3O3S2. The number of ether oxygens (including phenoxy) is 1. The van der Waals surface area contributed by atoms with Crippen molar-refractivity contribution >= 4 is 41.7 Å². The number of primary sulfonamides is 1. The van der Waals surface area contributed by atoms with Crippen LogP contribution in [0.1, 0.15) is 5.69 Å². The van der Waals surface area contributed by atoms with Crippen LogP contribution in [0, 0.1) is 0 Å². The van der Waals surface area contributed by atoms with Crippen LogP contribution in [0.3, 0.4) is 0 Å². The molecule has 11 heteroatoms. The normalized spacial score (nSPS) is 12.8. The summed E-state index contributed by atoms with van der Waals surface area (Å²) in [6.45, 7) is 0. The van der Waals surface area contributed by atoms with Crippen LogP contribution in [-0.4, -0.2) is 25.3 Å². The van der Waals surface area contributed by atoms with Gasteiger partial charge in [-0.15, -0.1) is 11.3 Å². The van der Waals surface area contributed by atoms with Crippen molar-refractivity contribution < 1.29 is 26.3 Å². The first-order chi connectivity index (χ1) is 13.1. The van der Waals surface area contributed by atoms with Gasteiger partial charge in [-0.1, -0.05) is 0 Å². The maximum absolute atomic E-state index is 13.6. The van der Waals surface area contributed by atoms with Gasteiger partial charge in [0.05, 0.1) is 27.9 Å². The standard InChI is InChI=1S/C17H12F3N3O3S2/c1-26-10-4-7-12-13(8-10)27-15-14(12)23(22-16(15)17(18,19)20)9-2-5-11(6-3-9)28(21,24)25/h2-8H,1H3,(H2,21,24,25). The number of hydrogen-bond donors (Lipinski definition) is 1. The first-order valence-corrected chi connectivity index (χ1v) is 10.2. The zero-order valence-electron chi connectivity index (χ0n) is 14.2. The van der Waals surface area contributed by atoms with Gasteiger partial charge in [0.2, 0.25) is 10.0 Å².